The normalized spacial score (nSPS) is 15.7. The van der Waals surface area contributed by atoms with Crippen LogP contribution in [-0.4, -0.2) is 30.6 Å². The lowest BCUT2D eigenvalue weighted by atomic mass is 9.88. The summed E-state index contributed by atoms with van der Waals surface area (Å²) in [7, 11) is -3.08. The molecule has 30 heavy (non-hydrogen) atoms. The van der Waals surface area contributed by atoms with Crippen molar-refractivity contribution in [1.82, 2.24) is 0 Å². The number of carbonyl (C=O) groups is 2. The molecule has 6 heteroatoms. The summed E-state index contributed by atoms with van der Waals surface area (Å²) < 4.78 is 23.4. The molecule has 0 heterocycles. The Hall–Kier alpha value is -1.69. The highest BCUT2D eigenvalue weighted by Crippen LogP contribution is 2.25. The third-order valence-corrected chi connectivity index (χ3v) is 8.59. The average molecular weight is 436 g/mol. The van der Waals surface area contributed by atoms with E-state index < -0.39 is 14.6 Å². The number of amides is 1. The zero-order valence-electron chi connectivity index (χ0n) is 18.7. The fourth-order valence-electron chi connectivity index (χ4n) is 3.73. The van der Waals surface area contributed by atoms with E-state index in [1.807, 2.05) is 24.3 Å². The summed E-state index contributed by atoms with van der Waals surface area (Å²) in [5.74, 6) is 0.566. The van der Waals surface area contributed by atoms with Crippen LogP contribution in [0.15, 0.2) is 24.3 Å². The molecule has 168 valence electrons. The van der Waals surface area contributed by atoms with Crippen LogP contribution in [0.4, 0.5) is 5.69 Å². The van der Waals surface area contributed by atoms with Crippen LogP contribution in [0.1, 0.15) is 84.1 Å². The lowest BCUT2D eigenvalue weighted by Crippen LogP contribution is -2.30. The van der Waals surface area contributed by atoms with E-state index in [1.54, 1.807) is 20.8 Å². The molecular formula is C24H37NO4S. The van der Waals surface area contributed by atoms with Crippen LogP contribution >= 0.6 is 0 Å². The Morgan fingerprint density at radius 2 is 1.60 bits per heavy atom. The van der Waals surface area contributed by atoms with Gasteiger partial charge in [0.25, 0.3) is 0 Å². The zero-order chi connectivity index (χ0) is 22.2. The smallest absolute Gasteiger partial charge is 0.227 e. The van der Waals surface area contributed by atoms with Gasteiger partial charge in [-0.2, -0.15) is 0 Å². The SMILES string of the molecule is CC(C)(C)S(=O)(=O)CCCCCC(=O)Cc1ccc(NC(=O)C2CCCCC2)cc1. The number of nitrogens with one attached hydrogen (secondary N) is 1. The molecule has 0 bridgehead atoms. The minimum absolute atomic E-state index is 0.104. The van der Waals surface area contributed by atoms with Gasteiger partial charge in [0.05, 0.1) is 10.5 Å². The number of ketones is 1. The van der Waals surface area contributed by atoms with Gasteiger partial charge in [0, 0.05) is 24.4 Å². The van der Waals surface area contributed by atoms with Crippen LogP contribution in [0.25, 0.3) is 0 Å². The molecule has 0 radical (unpaired) electrons. The standard InChI is InChI=1S/C24H37NO4S/c1-24(2,3)30(28,29)17-9-5-8-12-22(26)18-19-13-15-21(16-14-19)25-23(27)20-10-6-4-7-11-20/h13-16,20H,4-12,17-18H2,1-3H3,(H,25,27). The van der Waals surface area contributed by atoms with E-state index in [9.17, 15) is 18.0 Å². The van der Waals surface area contributed by atoms with Gasteiger partial charge in [0.1, 0.15) is 5.78 Å². The molecule has 0 aromatic heterocycles. The molecule has 0 atom stereocenters. The molecule has 1 aliphatic carbocycles. The predicted octanol–water partition coefficient (Wildman–Crippen LogP) is 5.09. The van der Waals surface area contributed by atoms with Crippen LogP contribution in [0.2, 0.25) is 0 Å². The van der Waals surface area contributed by atoms with Crippen molar-refractivity contribution in [2.45, 2.75) is 89.7 Å². The first-order valence-electron chi connectivity index (χ1n) is 11.2. The average Bonchev–Trinajstić information content (AvgIpc) is 2.69. The van der Waals surface area contributed by atoms with Crippen LogP contribution in [0, 0.1) is 5.92 Å². The van der Waals surface area contributed by atoms with Gasteiger partial charge in [-0.05, 0) is 64.2 Å². The maximum Gasteiger partial charge on any atom is 0.227 e. The summed E-state index contributed by atoms with van der Waals surface area (Å²) >= 11 is 0. The monoisotopic (exact) mass is 435 g/mol. The molecular weight excluding hydrogens is 398 g/mol. The predicted molar refractivity (Wildman–Crippen MR) is 122 cm³/mol. The summed E-state index contributed by atoms with van der Waals surface area (Å²) in [6.07, 6.45) is 8.33. The van der Waals surface area contributed by atoms with Crippen LogP contribution < -0.4 is 5.32 Å². The Morgan fingerprint density at radius 3 is 2.20 bits per heavy atom. The maximum atomic E-state index is 12.3. The van der Waals surface area contributed by atoms with E-state index in [1.165, 1.54) is 6.42 Å². The number of hydrogen-bond acceptors (Lipinski definition) is 4. The Labute approximate surface area is 181 Å². The molecule has 1 aromatic rings. The van der Waals surface area contributed by atoms with E-state index in [2.05, 4.69) is 5.32 Å². The Bertz CT molecular complexity index is 801. The number of unbranched alkanes of at least 4 members (excludes halogenated alkanes) is 2. The first kappa shape index (κ1) is 24.6. The Morgan fingerprint density at radius 1 is 0.967 bits per heavy atom. The van der Waals surface area contributed by atoms with Gasteiger partial charge in [-0.3, -0.25) is 9.59 Å². The van der Waals surface area contributed by atoms with Crippen LogP contribution in [-0.2, 0) is 25.8 Å². The molecule has 1 saturated carbocycles. The number of benzene rings is 1. The summed E-state index contributed by atoms with van der Waals surface area (Å²) in [5.41, 5.74) is 1.72. The van der Waals surface area contributed by atoms with Crippen molar-refractivity contribution in [1.29, 1.82) is 0 Å². The second-order valence-electron chi connectivity index (χ2n) is 9.48. The van der Waals surface area contributed by atoms with E-state index in [4.69, 9.17) is 0 Å². The zero-order valence-corrected chi connectivity index (χ0v) is 19.5. The van der Waals surface area contributed by atoms with Crippen molar-refractivity contribution < 1.29 is 18.0 Å². The number of anilines is 1. The van der Waals surface area contributed by atoms with Crippen molar-refractivity contribution in [2.24, 2.45) is 5.92 Å². The molecule has 5 nitrogen and oxygen atoms in total. The first-order valence-corrected chi connectivity index (χ1v) is 12.9. The highest BCUT2D eigenvalue weighted by Gasteiger charge is 2.28. The summed E-state index contributed by atoms with van der Waals surface area (Å²) in [6.45, 7) is 5.16. The molecule has 2 rings (SSSR count). The van der Waals surface area contributed by atoms with Crippen LogP contribution in [0.3, 0.4) is 0 Å². The van der Waals surface area contributed by atoms with Gasteiger partial charge in [0.2, 0.25) is 5.91 Å². The van der Waals surface area contributed by atoms with E-state index in [0.717, 1.165) is 43.4 Å². The van der Waals surface area contributed by atoms with Gasteiger partial charge in [0.15, 0.2) is 9.84 Å². The van der Waals surface area contributed by atoms with E-state index in [-0.39, 0.29) is 23.4 Å². The third kappa shape index (κ3) is 7.86. The van der Waals surface area contributed by atoms with Crippen molar-refractivity contribution in [2.75, 3.05) is 11.1 Å². The molecule has 0 unspecified atom stereocenters. The fraction of sp³-hybridized carbons (Fsp3) is 0.667. The Kier molecular flexibility index (Phi) is 9.08. The van der Waals surface area contributed by atoms with Gasteiger partial charge in [-0.15, -0.1) is 0 Å². The van der Waals surface area contributed by atoms with Gasteiger partial charge >= 0.3 is 0 Å². The second kappa shape index (κ2) is 11.1. The first-order chi connectivity index (χ1) is 14.1. The number of carbonyl (C=O) groups excluding carboxylic acids is 2. The minimum Gasteiger partial charge on any atom is -0.326 e. The Balaban J connectivity index is 1.68. The second-order valence-corrected chi connectivity index (χ2v) is 12.3. The number of rotatable bonds is 10. The van der Waals surface area contributed by atoms with Crippen molar-refractivity contribution in [3.63, 3.8) is 0 Å². The van der Waals surface area contributed by atoms with Crippen LogP contribution in [0.5, 0.6) is 0 Å². The van der Waals surface area contributed by atoms with Crippen molar-refractivity contribution >= 4 is 27.2 Å². The third-order valence-electron chi connectivity index (χ3n) is 5.90. The fourth-order valence-corrected chi connectivity index (χ4v) is 4.92. The summed E-state index contributed by atoms with van der Waals surface area (Å²) in [4.78, 5) is 24.5. The molecule has 1 aromatic carbocycles. The molecule has 1 aliphatic rings. The molecule has 1 amide bonds. The highest BCUT2D eigenvalue weighted by atomic mass is 32.2. The highest BCUT2D eigenvalue weighted by molar-refractivity contribution is 7.92. The molecule has 0 saturated heterocycles. The van der Waals surface area contributed by atoms with Gasteiger partial charge in [-0.25, -0.2) is 8.42 Å². The van der Waals surface area contributed by atoms with Gasteiger partial charge in [-0.1, -0.05) is 37.8 Å². The lowest BCUT2D eigenvalue weighted by Gasteiger charge is -2.20. The minimum atomic E-state index is -3.08. The summed E-state index contributed by atoms with van der Waals surface area (Å²) in [6, 6.07) is 7.51. The lowest BCUT2D eigenvalue weighted by molar-refractivity contribution is -0.121. The maximum absolute atomic E-state index is 12.3. The number of hydrogen-bond donors (Lipinski definition) is 1. The largest absolute Gasteiger partial charge is 0.326 e. The van der Waals surface area contributed by atoms with Crippen molar-refractivity contribution in [3.8, 4) is 0 Å². The number of sulfone groups is 1. The van der Waals surface area contributed by atoms with Crippen molar-refractivity contribution in [3.05, 3.63) is 29.8 Å². The number of Topliss-reactive ketones (excluding diaryl/α,β-unsaturated/α-hetero) is 1. The molecule has 1 N–H and O–H groups in total. The molecule has 0 spiro atoms. The quantitative estimate of drug-likeness (QED) is 0.519. The summed E-state index contributed by atoms with van der Waals surface area (Å²) in [5, 5.41) is 2.99. The topological polar surface area (TPSA) is 80.3 Å². The molecule has 1 fully saturated rings. The molecule has 0 aliphatic heterocycles. The van der Waals surface area contributed by atoms with E-state index >= 15 is 0 Å². The van der Waals surface area contributed by atoms with Gasteiger partial charge < -0.3 is 5.32 Å². The van der Waals surface area contributed by atoms with E-state index in [0.29, 0.717) is 25.7 Å².